The number of nitriles is 1. The Hall–Kier alpha value is -3.21. The molecular weight excluding hydrogens is 390 g/mol. The highest BCUT2D eigenvalue weighted by Gasteiger charge is 2.40. The first-order chi connectivity index (χ1) is 15.0. The van der Waals surface area contributed by atoms with E-state index in [1.165, 1.54) is 4.90 Å². The Morgan fingerprint density at radius 1 is 1.10 bits per heavy atom. The number of carbonyl (C=O) groups is 2. The summed E-state index contributed by atoms with van der Waals surface area (Å²) in [6, 6.07) is 18.3. The van der Waals surface area contributed by atoms with Gasteiger partial charge in [0.15, 0.2) is 0 Å². The molecule has 2 amide bonds. The summed E-state index contributed by atoms with van der Waals surface area (Å²) in [6.07, 6.45) is 1.49. The average Bonchev–Trinajstić information content (AvgIpc) is 3.26. The Morgan fingerprint density at radius 3 is 2.42 bits per heavy atom. The minimum Gasteiger partial charge on any atom is -0.350 e. The molecule has 162 valence electrons. The van der Waals surface area contributed by atoms with Crippen molar-refractivity contribution in [2.45, 2.75) is 44.4 Å². The van der Waals surface area contributed by atoms with Crippen molar-refractivity contribution in [3.63, 3.8) is 0 Å². The number of likely N-dealkylation sites (tertiary alicyclic amines) is 1. The summed E-state index contributed by atoms with van der Waals surface area (Å²) in [7, 11) is 0. The smallest absolute Gasteiger partial charge is 0.243 e. The van der Waals surface area contributed by atoms with E-state index in [4.69, 9.17) is 11.5 Å². The lowest BCUT2D eigenvalue weighted by Crippen LogP contribution is -2.51. The summed E-state index contributed by atoms with van der Waals surface area (Å²) < 4.78 is 0. The van der Waals surface area contributed by atoms with Crippen LogP contribution in [0.25, 0.3) is 0 Å². The third-order valence-electron chi connectivity index (χ3n) is 5.70. The van der Waals surface area contributed by atoms with E-state index in [1.807, 2.05) is 54.6 Å². The van der Waals surface area contributed by atoms with E-state index < -0.39 is 12.1 Å². The van der Waals surface area contributed by atoms with Crippen molar-refractivity contribution in [1.82, 2.24) is 10.2 Å². The molecule has 1 aliphatic rings. The molecule has 2 aromatic rings. The normalized spacial score (nSPS) is 18.9. The standard InChI is InChI=1S/C24H29N5O2/c25-13-18-6-8-19(9-7-18)15-28-23(30)22-12-20(14-26)16-29(22)24(31)21(27)11-10-17-4-2-1-3-5-17/h1-9,20-22H,10-13,15-16,25,27H2,(H,28,30)/t20-,21?,22-/m0/s1. The Morgan fingerprint density at radius 2 is 1.77 bits per heavy atom. The molecule has 0 saturated carbocycles. The Bertz CT molecular complexity index is 923. The quantitative estimate of drug-likeness (QED) is 0.597. The predicted molar refractivity (Wildman–Crippen MR) is 118 cm³/mol. The van der Waals surface area contributed by atoms with E-state index in [0.717, 1.165) is 16.7 Å². The van der Waals surface area contributed by atoms with Crippen molar-refractivity contribution in [2.75, 3.05) is 6.54 Å². The fraction of sp³-hybridized carbons (Fsp3) is 0.375. The summed E-state index contributed by atoms with van der Waals surface area (Å²) in [5, 5.41) is 12.2. The van der Waals surface area contributed by atoms with Gasteiger partial charge in [-0.25, -0.2) is 0 Å². The third kappa shape index (κ3) is 5.91. The van der Waals surface area contributed by atoms with Crippen LogP contribution in [0.3, 0.4) is 0 Å². The van der Waals surface area contributed by atoms with Crippen LogP contribution in [0.15, 0.2) is 54.6 Å². The molecule has 5 N–H and O–H groups in total. The number of carbonyl (C=O) groups excluding carboxylic acids is 2. The van der Waals surface area contributed by atoms with Crippen molar-refractivity contribution in [3.8, 4) is 6.07 Å². The predicted octanol–water partition coefficient (Wildman–Crippen LogP) is 1.46. The number of benzene rings is 2. The minimum absolute atomic E-state index is 0.234. The molecule has 7 heteroatoms. The van der Waals surface area contributed by atoms with E-state index >= 15 is 0 Å². The molecule has 31 heavy (non-hydrogen) atoms. The molecule has 0 spiro atoms. The van der Waals surface area contributed by atoms with Crippen LogP contribution < -0.4 is 16.8 Å². The van der Waals surface area contributed by atoms with Crippen LogP contribution in [0.5, 0.6) is 0 Å². The number of rotatable bonds is 8. The lowest BCUT2D eigenvalue weighted by Gasteiger charge is -2.26. The van der Waals surface area contributed by atoms with Gasteiger partial charge in [-0.05, 0) is 36.0 Å². The monoisotopic (exact) mass is 419 g/mol. The molecule has 0 aliphatic carbocycles. The number of nitrogens with two attached hydrogens (primary N) is 2. The van der Waals surface area contributed by atoms with Crippen LogP contribution in [-0.2, 0) is 29.1 Å². The van der Waals surface area contributed by atoms with Crippen LogP contribution in [0, 0.1) is 17.2 Å². The highest BCUT2D eigenvalue weighted by molar-refractivity contribution is 5.90. The highest BCUT2D eigenvalue weighted by atomic mass is 16.2. The second kappa shape index (κ2) is 10.7. The topological polar surface area (TPSA) is 125 Å². The van der Waals surface area contributed by atoms with Gasteiger partial charge in [0.1, 0.15) is 6.04 Å². The summed E-state index contributed by atoms with van der Waals surface area (Å²) in [6.45, 7) is 1.04. The molecular formula is C24H29N5O2. The molecule has 0 bridgehead atoms. The molecule has 1 fully saturated rings. The highest BCUT2D eigenvalue weighted by Crippen LogP contribution is 2.24. The SMILES string of the molecule is N#C[C@@H]1C[C@@H](C(=O)NCc2ccc(CN)cc2)N(C(=O)C(N)CCc2ccccc2)C1. The molecule has 3 atom stereocenters. The fourth-order valence-corrected chi connectivity index (χ4v) is 3.83. The summed E-state index contributed by atoms with van der Waals surface area (Å²) >= 11 is 0. The van der Waals surface area contributed by atoms with E-state index in [1.54, 1.807) is 0 Å². The van der Waals surface area contributed by atoms with Gasteiger partial charge < -0.3 is 21.7 Å². The average molecular weight is 420 g/mol. The summed E-state index contributed by atoms with van der Waals surface area (Å²) in [4.78, 5) is 27.3. The molecule has 7 nitrogen and oxygen atoms in total. The van der Waals surface area contributed by atoms with Crippen molar-refractivity contribution in [3.05, 3.63) is 71.3 Å². The lowest BCUT2D eigenvalue weighted by atomic mass is 10.0. The van der Waals surface area contributed by atoms with Gasteiger partial charge in [-0.15, -0.1) is 0 Å². The minimum atomic E-state index is -0.711. The molecule has 1 heterocycles. The number of hydrogen-bond donors (Lipinski definition) is 3. The van der Waals surface area contributed by atoms with Gasteiger partial charge in [0.25, 0.3) is 0 Å². The van der Waals surface area contributed by atoms with Crippen molar-refractivity contribution >= 4 is 11.8 Å². The molecule has 0 aromatic heterocycles. The van der Waals surface area contributed by atoms with Gasteiger partial charge in [0.05, 0.1) is 18.0 Å². The van der Waals surface area contributed by atoms with Gasteiger partial charge in [-0.1, -0.05) is 54.6 Å². The fourth-order valence-electron chi connectivity index (χ4n) is 3.83. The first kappa shape index (κ1) is 22.5. The maximum Gasteiger partial charge on any atom is 0.243 e. The first-order valence-electron chi connectivity index (χ1n) is 10.6. The van der Waals surface area contributed by atoms with Crippen LogP contribution >= 0.6 is 0 Å². The molecule has 0 radical (unpaired) electrons. The van der Waals surface area contributed by atoms with Crippen LogP contribution in [-0.4, -0.2) is 35.3 Å². The number of nitrogens with zero attached hydrogens (tertiary/aromatic N) is 2. The van der Waals surface area contributed by atoms with Crippen molar-refractivity contribution in [1.29, 1.82) is 5.26 Å². The van der Waals surface area contributed by atoms with Crippen molar-refractivity contribution in [2.24, 2.45) is 17.4 Å². The molecule has 1 saturated heterocycles. The van der Waals surface area contributed by atoms with Crippen LogP contribution in [0.1, 0.15) is 29.5 Å². The second-order valence-electron chi connectivity index (χ2n) is 7.94. The number of amides is 2. The third-order valence-corrected chi connectivity index (χ3v) is 5.70. The largest absolute Gasteiger partial charge is 0.350 e. The maximum absolute atomic E-state index is 13.0. The van der Waals surface area contributed by atoms with Gasteiger partial charge in [0, 0.05) is 19.6 Å². The maximum atomic E-state index is 13.0. The van der Waals surface area contributed by atoms with Crippen molar-refractivity contribution < 1.29 is 9.59 Å². The van der Waals surface area contributed by atoms with Gasteiger partial charge in [-0.3, -0.25) is 9.59 Å². The van der Waals surface area contributed by atoms with E-state index in [2.05, 4.69) is 11.4 Å². The molecule has 1 aliphatic heterocycles. The second-order valence-corrected chi connectivity index (χ2v) is 7.94. The van der Waals surface area contributed by atoms with E-state index in [0.29, 0.717) is 32.4 Å². The molecule has 2 aromatic carbocycles. The summed E-state index contributed by atoms with van der Waals surface area (Å²) in [5.74, 6) is -0.907. The lowest BCUT2D eigenvalue weighted by molar-refractivity contribution is -0.139. The number of aryl methyl sites for hydroxylation is 1. The van der Waals surface area contributed by atoms with Crippen LogP contribution in [0.2, 0.25) is 0 Å². The number of nitrogens with one attached hydrogen (secondary N) is 1. The first-order valence-corrected chi connectivity index (χ1v) is 10.6. The van der Waals surface area contributed by atoms with Gasteiger partial charge >= 0.3 is 0 Å². The Labute approximate surface area is 183 Å². The van der Waals surface area contributed by atoms with Gasteiger partial charge in [-0.2, -0.15) is 5.26 Å². The number of hydrogen-bond acceptors (Lipinski definition) is 5. The zero-order chi connectivity index (χ0) is 22.2. The van der Waals surface area contributed by atoms with E-state index in [9.17, 15) is 14.9 Å². The Balaban J connectivity index is 1.60. The zero-order valence-corrected chi connectivity index (χ0v) is 17.5. The zero-order valence-electron chi connectivity index (χ0n) is 17.5. The summed E-state index contributed by atoms with van der Waals surface area (Å²) in [5.41, 5.74) is 14.8. The Kier molecular flexibility index (Phi) is 7.76. The van der Waals surface area contributed by atoms with Crippen LogP contribution in [0.4, 0.5) is 0 Å². The van der Waals surface area contributed by atoms with E-state index in [-0.39, 0.29) is 24.3 Å². The van der Waals surface area contributed by atoms with Gasteiger partial charge in [0.2, 0.25) is 11.8 Å². The molecule has 3 rings (SSSR count). The molecule has 1 unspecified atom stereocenters.